The molecule has 0 aromatic carbocycles. The van der Waals surface area contributed by atoms with Crippen LogP contribution in [-0.4, -0.2) is 48.7 Å². The van der Waals surface area contributed by atoms with Gasteiger partial charge in [0.2, 0.25) is 0 Å². The van der Waals surface area contributed by atoms with Crippen molar-refractivity contribution in [2.75, 3.05) is 32.8 Å². The van der Waals surface area contributed by atoms with E-state index in [9.17, 15) is 0 Å². The Balaban J connectivity index is 2.04. The lowest BCUT2D eigenvalue weighted by molar-refractivity contribution is 0.0849. The van der Waals surface area contributed by atoms with Gasteiger partial charge in [-0.2, -0.15) is 0 Å². The van der Waals surface area contributed by atoms with Gasteiger partial charge in [-0.25, -0.2) is 0 Å². The SMILES string of the molecule is CC(C)COCCN1CCC(=NO)CC1. The summed E-state index contributed by atoms with van der Waals surface area (Å²) in [5.41, 5.74) is 0.925. The summed E-state index contributed by atoms with van der Waals surface area (Å²) in [5.74, 6) is 0.611. The van der Waals surface area contributed by atoms with E-state index in [0.29, 0.717) is 5.92 Å². The summed E-state index contributed by atoms with van der Waals surface area (Å²) in [4.78, 5) is 2.36. The molecule has 0 spiro atoms. The number of rotatable bonds is 5. The minimum atomic E-state index is 0.611. The van der Waals surface area contributed by atoms with E-state index >= 15 is 0 Å². The van der Waals surface area contributed by atoms with Crippen LogP contribution in [0.2, 0.25) is 0 Å². The minimum absolute atomic E-state index is 0.611. The van der Waals surface area contributed by atoms with E-state index in [4.69, 9.17) is 9.94 Å². The lowest BCUT2D eigenvalue weighted by Gasteiger charge is -2.26. The molecule has 1 rings (SSSR count). The Morgan fingerprint density at radius 3 is 2.60 bits per heavy atom. The second-order valence-corrected chi connectivity index (χ2v) is 4.48. The zero-order valence-corrected chi connectivity index (χ0v) is 9.78. The van der Waals surface area contributed by atoms with E-state index in [0.717, 1.165) is 51.4 Å². The van der Waals surface area contributed by atoms with Crippen molar-refractivity contribution in [2.24, 2.45) is 11.1 Å². The monoisotopic (exact) mass is 214 g/mol. The molecule has 1 N–H and O–H groups in total. The highest BCUT2D eigenvalue weighted by Crippen LogP contribution is 2.06. The van der Waals surface area contributed by atoms with Gasteiger partial charge in [-0.3, -0.25) is 0 Å². The quantitative estimate of drug-likeness (QED) is 0.429. The van der Waals surface area contributed by atoms with E-state index in [1.54, 1.807) is 0 Å². The Morgan fingerprint density at radius 1 is 1.40 bits per heavy atom. The molecule has 0 amide bonds. The van der Waals surface area contributed by atoms with Gasteiger partial charge in [0.15, 0.2) is 0 Å². The van der Waals surface area contributed by atoms with E-state index in [1.807, 2.05) is 0 Å². The Labute approximate surface area is 91.9 Å². The Morgan fingerprint density at radius 2 is 2.07 bits per heavy atom. The number of hydrogen-bond donors (Lipinski definition) is 1. The second-order valence-electron chi connectivity index (χ2n) is 4.48. The van der Waals surface area contributed by atoms with Crippen LogP contribution in [0.25, 0.3) is 0 Å². The molecule has 1 aliphatic rings. The van der Waals surface area contributed by atoms with Gasteiger partial charge in [-0.15, -0.1) is 0 Å². The van der Waals surface area contributed by atoms with Gasteiger partial charge < -0.3 is 14.8 Å². The number of hydrogen-bond acceptors (Lipinski definition) is 4. The van der Waals surface area contributed by atoms with E-state index < -0.39 is 0 Å². The molecule has 0 atom stereocenters. The van der Waals surface area contributed by atoms with Crippen molar-refractivity contribution >= 4 is 5.71 Å². The summed E-state index contributed by atoms with van der Waals surface area (Å²) in [6, 6.07) is 0. The summed E-state index contributed by atoms with van der Waals surface area (Å²) in [5, 5.41) is 11.9. The van der Waals surface area contributed by atoms with Crippen LogP contribution in [0.1, 0.15) is 26.7 Å². The third-order valence-corrected chi connectivity index (χ3v) is 2.58. The molecule has 1 heterocycles. The van der Waals surface area contributed by atoms with Crippen LogP contribution in [0.15, 0.2) is 5.16 Å². The first-order valence-corrected chi connectivity index (χ1v) is 5.72. The van der Waals surface area contributed by atoms with E-state index in [-0.39, 0.29) is 0 Å². The first-order valence-electron chi connectivity index (χ1n) is 5.72. The average Bonchev–Trinajstić information content (AvgIpc) is 2.25. The molecule has 0 unspecified atom stereocenters. The largest absolute Gasteiger partial charge is 0.411 e. The van der Waals surface area contributed by atoms with Crippen molar-refractivity contribution < 1.29 is 9.94 Å². The third-order valence-electron chi connectivity index (χ3n) is 2.58. The molecule has 15 heavy (non-hydrogen) atoms. The highest BCUT2D eigenvalue weighted by atomic mass is 16.5. The van der Waals surface area contributed by atoms with Crippen molar-refractivity contribution in [3.63, 3.8) is 0 Å². The van der Waals surface area contributed by atoms with Crippen LogP contribution in [0.3, 0.4) is 0 Å². The number of piperidine rings is 1. The fourth-order valence-corrected chi connectivity index (χ4v) is 1.65. The first kappa shape index (κ1) is 12.5. The second kappa shape index (κ2) is 6.80. The molecular formula is C11H22N2O2. The number of nitrogens with zero attached hydrogens (tertiary/aromatic N) is 2. The normalized spacial score (nSPS) is 18.5. The van der Waals surface area contributed by atoms with E-state index in [1.165, 1.54) is 0 Å². The lowest BCUT2D eigenvalue weighted by atomic mass is 10.1. The molecule has 0 aromatic rings. The summed E-state index contributed by atoms with van der Waals surface area (Å²) >= 11 is 0. The van der Waals surface area contributed by atoms with Crippen molar-refractivity contribution in [1.82, 2.24) is 4.90 Å². The van der Waals surface area contributed by atoms with Crippen LogP contribution < -0.4 is 0 Å². The van der Waals surface area contributed by atoms with Gasteiger partial charge in [-0.05, 0) is 5.92 Å². The summed E-state index contributed by atoms with van der Waals surface area (Å²) < 4.78 is 5.53. The van der Waals surface area contributed by atoms with Gasteiger partial charge in [0.1, 0.15) is 0 Å². The number of oxime groups is 1. The molecular weight excluding hydrogens is 192 g/mol. The first-order chi connectivity index (χ1) is 7.22. The summed E-state index contributed by atoms with van der Waals surface area (Å²) in [6.45, 7) is 8.94. The number of likely N-dealkylation sites (tertiary alicyclic amines) is 1. The van der Waals surface area contributed by atoms with Crippen LogP contribution in [0, 0.1) is 5.92 Å². The minimum Gasteiger partial charge on any atom is -0.411 e. The molecule has 1 fully saturated rings. The van der Waals surface area contributed by atoms with Crippen LogP contribution in [0.4, 0.5) is 0 Å². The Bertz CT molecular complexity index is 195. The van der Waals surface area contributed by atoms with Gasteiger partial charge in [0.05, 0.1) is 12.3 Å². The van der Waals surface area contributed by atoms with Gasteiger partial charge in [0.25, 0.3) is 0 Å². The van der Waals surface area contributed by atoms with Crippen molar-refractivity contribution in [3.8, 4) is 0 Å². The molecule has 88 valence electrons. The predicted octanol–water partition coefficient (Wildman–Crippen LogP) is 1.58. The highest BCUT2D eigenvalue weighted by Gasteiger charge is 2.14. The van der Waals surface area contributed by atoms with Crippen LogP contribution >= 0.6 is 0 Å². The predicted molar refractivity (Wildman–Crippen MR) is 60.6 cm³/mol. The van der Waals surface area contributed by atoms with E-state index in [2.05, 4.69) is 23.9 Å². The maximum Gasteiger partial charge on any atom is 0.0596 e. The lowest BCUT2D eigenvalue weighted by Crippen LogP contribution is -2.36. The third kappa shape index (κ3) is 5.14. The molecule has 0 aliphatic carbocycles. The molecule has 0 aromatic heterocycles. The van der Waals surface area contributed by atoms with Gasteiger partial charge in [0, 0.05) is 39.1 Å². The molecule has 0 saturated carbocycles. The fraction of sp³-hybridized carbons (Fsp3) is 0.909. The summed E-state index contributed by atoms with van der Waals surface area (Å²) in [6.07, 6.45) is 1.78. The highest BCUT2D eigenvalue weighted by molar-refractivity contribution is 5.84. The zero-order valence-electron chi connectivity index (χ0n) is 9.78. The van der Waals surface area contributed by atoms with Crippen LogP contribution in [0.5, 0.6) is 0 Å². The van der Waals surface area contributed by atoms with Crippen molar-refractivity contribution in [3.05, 3.63) is 0 Å². The Hall–Kier alpha value is -0.610. The van der Waals surface area contributed by atoms with Gasteiger partial charge >= 0.3 is 0 Å². The molecule has 4 heteroatoms. The average molecular weight is 214 g/mol. The zero-order chi connectivity index (χ0) is 11.1. The smallest absolute Gasteiger partial charge is 0.0596 e. The topological polar surface area (TPSA) is 45.1 Å². The molecule has 1 saturated heterocycles. The maximum absolute atomic E-state index is 8.60. The standard InChI is InChI=1S/C11H22N2O2/c1-10(2)9-15-8-7-13-5-3-11(12-14)4-6-13/h10,14H,3-9H2,1-2H3. The fourth-order valence-electron chi connectivity index (χ4n) is 1.65. The molecule has 0 radical (unpaired) electrons. The number of ether oxygens (including phenoxy) is 1. The Kier molecular flexibility index (Phi) is 5.65. The van der Waals surface area contributed by atoms with Gasteiger partial charge in [-0.1, -0.05) is 19.0 Å². The van der Waals surface area contributed by atoms with Crippen molar-refractivity contribution in [1.29, 1.82) is 0 Å². The molecule has 0 bridgehead atoms. The maximum atomic E-state index is 8.60. The van der Waals surface area contributed by atoms with Crippen molar-refractivity contribution in [2.45, 2.75) is 26.7 Å². The molecule has 1 aliphatic heterocycles. The van der Waals surface area contributed by atoms with Crippen LogP contribution in [-0.2, 0) is 4.74 Å². The molecule has 4 nitrogen and oxygen atoms in total. The summed E-state index contributed by atoms with van der Waals surface area (Å²) in [7, 11) is 0.